The molecule has 2 heterocycles. The van der Waals surface area contributed by atoms with Crippen LogP contribution in [-0.2, 0) is 0 Å². The Morgan fingerprint density at radius 2 is 2.30 bits per heavy atom. The van der Waals surface area contributed by atoms with Crippen LogP contribution < -0.4 is 10.6 Å². The van der Waals surface area contributed by atoms with Crippen molar-refractivity contribution in [3.05, 3.63) is 23.9 Å². The number of aromatic nitrogens is 1. The molecule has 2 aliphatic rings. The molecule has 1 unspecified atom stereocenters. The fraction of sp³-hybridized carbons (Fsp3) is 0.600. The third kappa shape index (κ3) is 3.10. The van der Waals surface area contributed by atoms with Crippen LogP contribution in [0.1, 0.15) is 36.5 Å². The number of likely N-dealkylation sites (tertiary alicyclic amines) is 1. The van der Waals surface area contributed by atoms with E-state index < -0.39 is 0 Å². The van der Waals surface area contributed by atoms with Crippen molar-refractivity contribution in [2.45, 2.75) is 38.3 Å². The highest BCUT2D eigenvalue weighted by molar-refractivity contribution is 5.95. The van der Waals surface area contributed by atoms with Gasteiger partial charge in [-0.3, -0.25) is 9.69 Å². The van der Waals surface area contributed by atoms with E-state index in [2.05, 4.69) is 20.5 Å². The number of hydrogen-bond donors (Lipinski definition) is 2. The first-order valence-corrected chi connectivity index (χ1v) is 7.51. The molecule has 5 heteroatoms. The smallest absolute Gasteiger partial charge is 0.251 e. The molecule has 0 aromatic carbocycles. The standard InChI is InChI=1S/C15H22N4O/c1-2-16-14-9-11(5-7-17-14)15(20)18-12-6-8-19(10-12)13-3-4-13/h5,7,9,12-13H,2-4,6,8,10H2,1H3,(H,16,17)(H,18,20). The van der Waals surface area contributed by atoms with Gasteiger partial charge in [0.1, 0.15) is 5.82 Å². The van der Waals surface area contributed by atoms with Crippen LogP contribution in [-0.4, -0.2) is 47.5 Å². The summed E-state index contributed by atoms with van der Waals surface area (Å²) in [5, 5.41) is 6.27. The number of carbonyl (C=O) groups excluding carboxylic acids is 1. The van der Waals surface area contributed by atoms with Crippen LogP contribution in [0.15, 0.2) is 18.3 Å². The molecule has 2 N–H and O–H groups in total. The van der Waals surface area contributed by atoms with E-state index in [4.69, 9.17) is 0 Å². The van der Waals surface area contributed by atoms with Crippen molar-refractivity contribution < 1.29 is 4.79 Å². The van der Waals surface area contributed by atoms with E-state index in [0.29, 0.717) is 11.6 Å². The van der Waals surface area contributed by atoms with Crippen LogP contribution in [0.25, 0.3) is 0 Å². The molecule has 1 atom stereocenters. The summed E-state index contributed by atoms with van der Waals surface area (Å²) in [7, 11) is 0. The van der Waals surface area contributed by atoms with Crippen LogP contribution in [0.5, 0.6) is 0 Å². The summed E-state index contributed by atoms with van der Waals surface area (Å²) in [5.41, 5.74) is 0.681. The average Bonchev–Trinajstić information content (AvgIpc) is 3.20. The van der Waals surface area contributed by atoms with Crippen LogP contribution in [0.2, 0.25) is 0 Å². The van der Waals surface area contributed by atoms with Gasteiger partial charge in [-0.05, 0) is 38.3 Å². The SMILES string of the molecule is CCNc1cc(C(=O)NC2CCN(C3CC3)C2)ccn1. The molecule has 108 valence electrons. The lowest BCUT2D eigenvalue weighted by atomic mass is 10.2. The highest BCUT2D eigenvalue weighted by atomic mass is 16.1. The molecule has 1 amide bonds. The van der Waals surface area contributed by atoms with Gasteiger partial charge in [0.05, 0.1) is 0 Å². The number of rotatable bonds is 5. The largest absolute Gasteiger partial charge is 0.370 e. The van der Waals surface area contributed by atoms with E-state index in [0.717, 1.165) is 37.9 Å². The van der Waals surface area contributed by atoms with Gasteiger partial charge in [0, 0.05) is 43.5 Å². The number of nitrogens with zero attached hydrogens (tertiary/aromatic N) is 2. The van der Waals surface area contributed by atoms with Gasteiger partial charge < -0.3 is 10.6 Å². The van der Waals surface area contributed by atoms with Crippen LogP contribution >= 0.6 is 0 Å². The van der Waals surface area contributed by atoms with Gasteiger partial charge in [-0.1, -0.05) is 0 Å². The van der Waals surface area contributed by atoms with E-state index in [-0.39, 0.29) is 5.91 Å². The van der Waals surface area contributed by atoms with Gasteiger partial charge in [0.15, 0.2) is 0 Å². The fourth-order valence-corrected chi connectivity index (χ4v) is 2.79. The molecule has 0 bridgehead atoms. The number of hydrogen-bond acceptors (Lipinski definition) is 4. The second-order valence-corrected chi connectivity index (χ2v) is 5.65. The molecule has 0 radical (unpaired) electrons. The summed E-state index contributed by atoms with van der Waals surface area (Å²) in [6, 6.07) is 4.66. The Morgan fingerprint density at radius 1 is 1.45 bits per heavy atom. The number of pyridine rings is 1. The normalized spacial score (nSPS) is 22.8. The van der Waals surface area contributed by atoms with Gasteiger partial charge >= 0.3 is 0 Å². The zero-order valence-corrected chi connectivity index (χ0v) is 11.9. The van der Waals surface area contributed by atoms with Gasteiger partial charge in [-0.2, -0.15) is 0 Å². The highest BCUT2D eigenvalue weighted by Gasteiger charge is 2.34. The first-order valence-electron chi connectivity index (χ1n) is 7.51. The zero-order valence-electron chi connectivity index (χ0n) is 11.9. The average molecular weight is 274 g/mol. The Kier molecular flexibility index (Phi) is 3.87. The molecule has 1 saturated carbocycles. The summed E-state index contributed by atoms with van der Waals surface area (Å²) >= 11 is 0. The molecule has 20 heavy (non-hydrogen) atoms. The second kappa shape index (κ2) is 5.79. The Bertz CT molecular complexity index is 487. The molecular formula is C15H22N4O. The maximum Gasteiger partial charge on any atom is 0.251 e. The minimum Gasteiger partial charge on any atom is -0.370 e. The topological polar surface area (TPSA) is 57.3 Å². The summed E-state index contributed by atoms with van der Waals surface area (Å²) in [6.45, 7) is 4.94. The summed E-state index contributed by atoms with van der Waals surface area (Å²) in [4.78, 5) is 19.0. The molecule has 5 nitrogen and oxygen atoms in total. The van der Waals surface area contributed by atoms with Crippen LogP contribution in [0, 0.1) is 0 Å². The monoisotopic (exact) mass is 274 g/mol. The first-order chi connectivity index (χ1) is 9.76. The Hall–Kier alpha value is -1.62. The summed E-state index contributed by atoms with van der Waals surface area (Å²) < 4.78 is 0. The third-order valence-corrected chi connectivity index (χ3v) is 4.00. The zero-order chi connectivity index (χ0) is 13.9. The summed E-state index contributed by atoms with van der Waals surface area (Å²) in [6.07, 6.45) is 5.40. The molecule has 1 aromatic rings. The van der Waals surface area contributed by atoms with Crippen molar-refractivity contribution in [3.8, 4) is 0 Å². The van der Waals surface area contributed by atoms with E-state index >= 15 is 0 Å². The molecule has 1 aliphatic carbocycles. The lowest BCUT2D eigenvalue weighted by Gasteiger charge is -2.16. The quantitative estimate of drug-likeness (QED) is 0.854. The Labute approximate surface area is 119 Å². The number of anilines is 1. The minimum absolute atomic E-state index is 0.00852. The van der Waals surface area contributed by atoms with Crippen molar-refractivity contribution in [2.24, 2.45) is 0 Å². The molecule has 1 saturated heterocycles. The van der Waals surface area contributed by atoms with E-state index in [9.17, 15) is 4.79 Å². The van der Waals surface area contributed by atoms with Crippen LogP contribution in [0.3, 0.4) is 0 Å². The number of carbonyl (C=O) groups is 1. The second-order valence-electron chi connectivity index (χ2n) is 5.65. The van der Waals surface area contributed by atoms with Gasteiger partial charge in [-0.25, -0.2) is 4.98 Å². The van der Waals surface area contributed by atoms with Crippen molar-refractivity contribution in [3.63, 3.8) is 0 Å². The first kappa shape index (κ1) is 13.4. The summed E-state index contributed by atoms with van der Waals surface area (Å²) in [5.74, 6) is 0.764. The lowest BCUT2D eigenvalue weighted by molar-refractivity contribution is 0.0937. The van der Waals surface area contributed by atoms with Gasteiger partial charge in [0.2, 0.25) is 0 Å². The Balaban J connectivity index is 1.57. The predicted molar refractivity (Wildman–Crippen MR) is 78.9 cm³/mol. The Morgan fingerprint density at radius 3 is 3.05 bits per heavy atom. The van der Waals surface area contributed by atoms with Crippen molar-refractivity contribution >= 4 is 11.7 Å². The molecule has 0 spiro atoms. The molecule has 1 aromatic heterocycles. The van der Waals surface area contributed by atoms with Crippen LogP contribution in [0.4, 0.5) is 5.82 Å². The molecule has 3 rings (SSSR count). The lowest BCUT2D eigenvalue weighted by Crippen LogP contribution is -2.37. The number of nitrogens with one attached hydrogen (secondary N) is 2. The van der Waals surface area contributed by atoms with Crippen molar-refractivity contribution in [2.75, 3.05) is 25.0 Å². The highest BCUT2D eigenvalue weighted by Crippen LogP contribution is 2.29. The molecule has 2 fully saturated rings. The number of amides is 1. The predicted octanol–water partition coefficient (Wildman–Crippen LogP) is 1.48. The third-order valence-electron chi connectivity index (χ3n) is 4.00. The molecule has 1 aliphatic heterocycles. The molecular weight excluding hydrogens is 252 g/mol. The fourth-order valence-electron chi connectivity index (χ4n) is 2.79. The van der Waals surface area contributed by atoms with Crippen molar-refractivity contribution in [1.29, 1.82) is 0 Å². The van der Waals surface area contributed by atoms with Gasteiger partial charge in [0.25, 0.3) is 5.91 Å². The minimum atomic E-state index is 0.00852. The van der Waals surface area contributed by atoms with E-state index in [1.165, 1.54) is 12.8 Å². The van der Waals surface area contributed by atoms with E-state index in [1.54, 1.807) is 12.3 Å². The van der Waals surface area contributed by atoms with E-state index in [1.807, 2.05) is 13.0 Å². The maximum atomic E-state index is 12.3. The van der Waals surface area contributed by atoms with Crippen molar-refractivity contribution in [1.82, 2.24) is 15.2 Å². The van der Waals surface area contributed by atoms with Gasteiger partial charge in [-0.15, -0.1) is 0 Å². The maximum absolute atomic E-state index is 12.3.